The average molecular weight is 652 g/mol. The summed E-state index contributed by atoms with van der Waals surface area (Å²) in [6.07, 6.45) is 7.77. The Balaban J connectivity index is 1.43. The van der Waals surface area contributed by atoms with Crippen LogP contribution in [0.2, 0.25) is 0 Å². The van der Waals surface area contributed by atoms with E-state index in [1.54, 1.807) is 6.92 Å². The fourth-order valence-corrected chi connectivity index (χ4v) is 5.76. The third-order valence-electron chi connectivity index (χ3n) is 8.21. The van der Waals surface area contributed by atoms with Gasteiger partial charge in [0.1, 0.15) is 23.6 Å². The van der Waals surface area contributed by atoms with E-state index in [9.17, 15) is 32.8 Å². The van der Waals surface area contributed by atoms with Gasteiger partial charge in [-0.05, 0) is 75.3 Å². The van der Waals surface area contributed by atoms with Gasteiger partial charge in [-0.15, -0.1) is 0 Å². The number of aryl methyl sites for hydroxylation is 1. The minimum Gasteiger partial charge on any atom is -0.459 e. The summed E-state index contributed by atoms with van der Waals surface area (Å²) in [6.45, 7) is 2.07. The zero-order valence-electron chi connectivity index (χ0n) is 25.7. The second kappa shape index (κ2) is 15.0. The zero-order valence-corrected chi connectivity index (χ0v) is 25.7. The van der Waals surface area contributed by atoms with Crippen molar-refractivity contribution in [2.45, 2.75) is 70.1 Å². The molecule has 2 fully saturated rings. The van der Waals surface area contributed by atoms with Gasteiger partial charge in [-0.25, -0.2) is 13.6 Å². The van der Waals surface area contributed by atoms with E-state index in [1.165, 1.54) is 42.6 Å². The van der Waals surface area contributed by atoms with Crippen LogP contribution in [0.3, 0.4) is 0 Å². The summed E-state index contributed by atoms with van der Waals surface area (Å²) in [7, 11) is 0. The number of nitrogens with one attached hydrogen (secondary N) is 3. The molecule has 1 aliphatic carbocycles. The molecule has 0 unspecified atom stereocenters. The lowest BCUT2D eigenvalue weighted by atomic mass is 9.97. The number of nitrogens with zero attached hydrogens (tertiary/aromatic N) is 2. The summed E-state index contributed by atoms with van der Waals surface area (Å²) in [6, 6.07) is 5.16. The van der Waals surface area contributed by atoms with Crippen molar-refractivity contribution in [2.75, 3.05) is 11.9 Å². The third-order valence-corrected chi connectivity index (χ3v) is 8.21. The van der Waals surface area contributed by atoms with Gasteiger partial charge in [-0.3, -0.25) is 19.2 Å². The molecule has 0 bridgehead atoms. The number of hydrogen-bond donors (Lipinski definition) is 3. The quantitative estimate of drug-likeness (QED) is 0.198. The predicted molar refractivity (Wildman–Crippen MR) is 164 cm³/mol. The Bertz CT molecular complexity index is 1730. The van der Waals surface area contributed by atoms with Crippen molar-refractivity contribution in [3.63, 3.8) is 0 Å². The number of hydrogen-bond acceptors (Lipinski definition) is 8. The van der Waals surface area contributed by atoms with Crippen LogP contribution in [0.25, 0.3) is 0 Å². The van der Waals surface area contributed by atoms with Gasteiger partial charge in [0.05, 0.1) is 0 Å². The minimum absolute atomic E-state index is 0.0644. The first-order valence-electron chi connectivity index (χ1n) is 15.4. The number of carbonyl (C=O) groups excluding carboxylic acids is 4. The van der Waals surface area contributed by atoms with Crippen LogP contribution in [0.1, 0.15) is 66.4 Å². The van der Waals surface area contributed by atoms with E-state index in [0.717, 1.165) is 42.4 Å². The number of carbonyl (C=O) groups is 4. The fourth-order valence-electron chi connectivity index (χ4n) is 5.76. The molecule has 1 aliphatic heterocycles. The lowest BCUT2D eigenvalue weighted by Gasteiger charge is -2.24. The summed E-state index contributed by atoms with van der Waals surface area (Å²) in [4.78, 5) is 65.3. The van der Waals surface area contributed by atoms with Gasteiger partial charge >= 0.3 is 5.97 Å². The molecule has 248 valence electrons. The van der Waals surface area contributed by atoms with Crippen molar-refractivity contribution in [3.05, 3.63) is 93.8 Å². The van der Waals surface area contributed by atoms with Crippen LogP contribution in [-0.2, 0) is 25.5 Å². The lowest BCUT2D eigenvalue weighted by molar-refractivity contribution is -0.142. The maximum atomic E-state index is 14.2. The molecule has 2 aliphatic rings. The Kier molecular flexibility index (Phi) is 10.6. The molecular weight excluding hydrogens is 616 g/mol. The first kappa shape index (κ1) is 33.2. The number of aromatic nitrogens is 2. The Hall–Kier alpha value is -5.14. The van der Waals surface area contributed by atoms with Crippen molar-refractivity contribution in [2.24, 2.45) is 5.92 Å². The highest BCUT2D eigenvalue weighted by molar-refractivity contribution is 6.02. The van der Waals surface area contributed by atoms with Crippen LogP contribution in [0, 0.1) is 24.5 Å². The number of esters is 1. The number of rotatable bonds is 12. The van der Waals surface area contributed by atoms with Crippen molar-refractivity contribution >= 4 is 29.4 Å². The van der Waals surface area contributed by atoms with Crippen molar-refractivity contribution < 1.29 is 37.2 Å². The highest BCUT2D eigenvalue weighted by Gasteiger charge is 2.30. The second-order valence-electron chi connectivity index (χ2n) is 11.7. The average Bonchev–Trinajstić information content (AvgIpc) is 3.81. The van der Waals surface area contributed by atoms with Gasteiger partial charge in [-0.2, -0.15) is 0 Å². The molecule has 12 nitrogen and oxygen atoms in total. The van der Waals surface area contributed by atoms with Gasteiger partial charge in [0.15, 0.2) is 17.3 Å². The van der Waals surface area contributed by atoms with E-state index in [4.69, 9.17) is 9.26 Å². The number of halogens is 2. The molecule has 0 spiro atoms. The molecule has 3 N–H and O–H groups in total. The Morgan fingerprint density at radius 1 is 1.13 bits per heavy atom. The van der Waals surface area contributed by atoms with E-state index in [1.807, 2.05) is 0 Å². The van der Waals surface area contributed by atoms with E-state index in [2.05, 4.69) is 21.1 Å². The molecule has 3 amide bonds. The summed E-state index contributed by atoms with van der Waals surface area (Å²) in [5.41, 5.74) is -0.780. The standard InChI is InChI=1S/C33H35F2N5O7/c1-19-15-27(39-47-19)31(43)38-26-7-4-14-40(33(26)45)28(17-20-8-10-24(34)25(35)16-20)32(44)37-22(18-21-12-13-36-30(21)42)9-11-29(41)46-23-5-2-3-6-23/h4,7-11,14-16,21-23,28H,2-3,5-6,12-13,17-18H2,1H3,(H,36,42)(H,37,44)(H,38,43)/b11-9+/t21-,22+,28-/m0/s1. The topological polar surface area (TPSA) is 162 Å². The fraction of sp³-hybridized carbons (Fsp3) is 0.394. The van der Waals surface area contributed by atoms with Crippen LogP contribution in [0.5, 0.6) is 0 Å². The molecule has 1 saturated carbocycles. The maximum absolute atomic E-state index is 14.2. The Labute approximate surface area is 268 Å². The monoisotopic (exact) mass is 651 g/mol. The summed E-state index contributed by atoms with van der Waals surface area (Å²) in [5.74, 6) is -4.46. The molecule has 0 radical (unpaired) electrons. The number of amides is 3. The summed E-state index contributed by atoms with van der Waals surface area (Å²) < 4.78 is 39.4. The van der Waals surface area contributed by atoms with Crippen LogP contribution < -0.4 is 21.5 Å². The highest BCUT2D eigenvalue weighted by Crippen LogP contribution is 2.23. The molecule has 3 atom stereocenters. The highest BCUT2D eigenvalue weighted by atomic mass is 19.2. The molecule has 1 saturated heterocycles. The van der Waals surface area contributed by atoms with E-state index >= 15 is 0 Å². The van der Waals surface area contributed by atoms with E-state index in [-0.39, 0.29) is 41.8 Å². The first-order chi connectivity index (χ1) is 22.6. The SMILES string of the molecule is Cc1cc(C(=O)Nc2cccn([C@@H](Cc3ccc(F)c(F)c3)C(=O)N[C@H](/C=C/C(=O)OC3CCCC3)C[C@@H]3CCNC3=O)c2=O)no1. The smallest absolute Gasteiger partial charge is 0.330 e. The summed E-state index contributed by atoms with van der Waals surface area (Å²) in [5, 5.41) is 11.7. The van der Waals surface area contributed by atoms with Gasteiger partial charge in [-0.1, -0.05) is 17.3 Å². The number of anilines is 1. The predicted octanol–water partition coefficient (Wildman–Crippen LogP) is 3.51. The molecule has 47 heavy (non-hydrogen) atoms. The Morgan fingerprint density at radius 3 is 2.60 bits per heavy atom. The van der Waals surface area contributed by atoms with Crippen LogP contribution in [-0.4, -0.2) is 52.1 Å². The third kappa shape index (κ3) is 8.57. The maximum Gasteiger partial charge on any atom is 0.330 e. The number of ether oxygens (including phenoxy) is 1. The van der Waals surface area contributed by atoms with Crippen LogP contribution in [0.4, 0.5) is 14.5 Å². The van der Waals surface area contributed by atoms with Crippen molar-refractivity contribution in [1.29, 1.82) is 0 Å². The second-order valence-corrected chi connectivity index (χ2v) is 11.7. The minimum atomic E-state index is -1.32. The first-order valence-corrected chi connectivity index (χ1v) is 15.4. The molecular formula is C33H35F2N5O7. The zero-order chi connectivity index (χ0) is 33.5. The van der Waals surface area contributed by atoms with Crippen molar-refractivity contribution in [3.8, 4) is 0 Å². The largest absolute Gasteiger partial charge is 0.459 e. The van der Waals surface area contributed by atoms with Crippen LogP contribution >= 0.6 is 0 Å². The van der Waals surface area contributed by atoms with E-state index < -0.39 is 53.0 Å². The molecule has 2 aromatic heterocycles. The van der Waals surface area contributed by atoms with Gasteiger partial charge < -0.3 is 29.8 Å². The number of pyridine rings is 1. The molecule has 3 aromatic rings. The molecule has 14 heteroatoms. The van der Waals surface area contributed by atoms with Crippen LogP contribution in [0.15, 0.2) is 64.1 Å². The normalized spacial score (nSPS) is 17.8. The molecule has 5 rings (SSSR count). The van der Waals surface area contributed by atoms with E-state index in [0.29, 0.717) is 18.7 Å². The summed E-state index contributed by atoms with van der Waals surface area (Å²) >= 11 is 0. The molecule has 3 heterocycles. The van der Waals surface area contributed by atoms with Gasteiger partial charge in [0.25, 0.3) is 11.5 Å². The van der Waals surface area contributed by atoms with Gasteiger partial charge in [0.2, 0.25) is 11.8 Å². The molecule has 1 aromatic carbocycles. The lowest BCUT2D eigenvalue weighted by Crippen LogP contribution is -2.43. The van der Waals surface area contributed by atoms with Crippen molar-refractivity contribution in [1.82, 2.24) is 20.4 Å². The van der Waals surface area contributed by atoms with Gasteiger partial charge in [0, 0.05) is 43.3 Å². The number of benzene rings is 1. The Morgan fingerprint density at radius 2 is 1.91 bits per heavy atom.